The van der Waals surface area contributed by atoms with Gasteiger partial charge in [0.25, 0.3) is 11.5 Å². The van der Waals surface area contributed by atoms with Crippen LogP contribution in [0.5, 0.6) is 0 Å². The molecule has 0 aliphatic heterocycles. The Balaban J connectivity index is 1.89. The van der Waals surface area contributed by atoms with Gasteiger partial charge in [-0.1, -0.05) is 19.1 Å². The molecule has 0 fully saturated rings. The first-order valence-corrected chi connectivity index (χ1v) is 9.76. The van der Waals surface area contributed by atoms with Crippen LogP contribution < -0.4 is 5.56 Å². The summed E-state index contributed by atoms with van der Waals surface area (Å²) in [5.74, 6) is -2.79. The Morgan fingerprint density at radius 3 is 2.47 bits per heavy atom. The molecule has 7 heteroatoms. The Morgan fingerprint density at radius 2 is 1.83 bits per heavy atom. The van der Waals surface area contributed by atoms with E-state index in [-0.39, 0.29) is 16.9 Å². The lowest BCUT2D eigenvalue weighted by molar-refractivity contribution is 0.0171. The van der Waals surface area contributed by atoms with Gasteiger partial charge in [-0.05, 0) is 50.1 Å². The molecule has 30 heavy (non-hydrogen) atoms. The molecule has 0 saturated heterocycles. The zero-order chi connectivity index (χ0) is 21.6. The summed E-state index contributed by atoms with van der Waals surface area (Å²) in [6.45, 7) is 6.76. The number of nitrogens with zero attached hydrogens (tertiary/aromatic N) is 4. The van der Waals surface area contributed by atoms with E-state index < -0.39 is 5.92 Å². The zero-order valence-electron chi connectivity index (χ0n) is 17.3. The van der Waals surface area contributed by atoms with Crippen LogP contribution in [0.1, 0.15) is 36.4 Å². The lowest BCUT2D eigenvalue weighted by atomic mass is 10.1. The van der Waals surface area contributed by atoms with E-state index in [1.54, 1.807) is 6.20 Å². The predicted octanol–water partition coefficient (Wildman–Crippen LogP) is 4.86. The number of hydrogen-bond acceptors (Lipinski definition) is 3. The first-order chi connectivity index (χ1) is 14.2. The van der Waals surface area contributed by atoms with Gasteiger partial charge in [0.1, 0.15) is 0 Å². The fourth-order valence-electron chi connectivity index (χ4n) is 3.80. The van der Waals surface area contributed by atoms with Gasteiger partial charge in [0, 0.05) is 41.1 Å². The van der Waals surface area contributed by atoms with Gasteiger partial charge < -0.3 is 4.57 Å². The molecule has 1 aromatic carbocycles. The van der Waals surface area contributed by atoms with Crippen LogP contribution >= 0.6 is 0 Å². The van der Waals surface area contributed by atoms with E-state index in [9.17, 15) is 13.6 Å². The summed E-state index contributed by atoms with van der Waals surface area (Å²) in [6, 6.07) is 10.8. The second kappa shape index (κ2) is 7.16. The third-order valence-corrected chi connectivity index (χ3v) is 5.45. The van der Waals surface area contributed by atoms with E-state index in [1.165, 1.54) is 17.7 Å². The topological polar surface area (TPSA) is 52.7 Å². The second-order valence-corrected chi connectivity index (χ2v) is 7.47. The van der Waals surface area contributed by atoms with Crippen LogP contribution in [0.3, 0.4) is 0 Å². The molecule has 0 aliphatic rings. The van der Waals surface area contributed by atoms with Crippen molar-refractivity contribution >= 4 is 10.8 Å². The number of hydrogen-bond donors (Lipinski definition) is 0. The van der Waals surface area contributed by atoms with Gasteiger partial charge in [0.2, 0.25) is 0 Å². The van der Waals surface area contributed by atoms with Crippen molar-refractivity contribution in [1.82, 2.24) is 19.3 Å². The molecule has 4 aromatic rings. The van der Waals surface area contributed by atoms with E-state index in [4.69, 9.17) is 0 Å². The van der Waals surface area contributed by atoms with Gasteiger partial charge >= 0.3 is 0 Å². The number of pyridine rings is 1. The van der Waals surface area contributed by atoms with Crippen LogP contribution in [0.15, 0.2) is 53.6 Å². The lowest BCUT2D eigenvalue weighted by Crippen LogP contribution is -2.22. The van der Waals surface area contributed by atoms with Crippen molar-refractivity contribution in [3.05, 3.63) is 81.7 Å². The maximum Gasteiger partial charge on any atom is 0.282 e. The molecule has 0 unspecified atom stereocenters. The predicted molar refractivity (Wildman–Crippen MR) is 113 cm³/mol. The molecular formula is C23H22F2N4O. The zero-order valence-corrected chi connectivity index (χ0v) is 17.3. The van der Waals surface area contributed by atoms with E-state index in [2.05, 4.69) is 29.1 Å². The SMILES string of the molecule is CCc1cccc(-n2c(C)c3cnn(-c4ccc(C(C)(F)F)cn4)c(=O)c3c2C)c1. The number of halogens is 2. The fourth-order valence-corrected chi connectivity index (χ4v) is 3.80. The van der Waals surface area contributed by atoms with Gasteiger partial charge in [0.15, 0.2) is 5.82 Å². The summed E-state index contributed by atoms with van der Waals surface area (Å²) in [5, 5.41) is 5.55. The molecule has 0 saturated carbocycles. The molecule has 154 valence electrons. The summed E-state index contributed by atoms with van der Waals surface area (Å²) < 4.78 is 30.1. The maximum atomic E-state index is 13.5. The number of benzene rings is 1. The highest BCUT2D eigenvalue weighted by Gasteiger charge is 2.25. The first-order valence-electron chi connectivity index (χ1n) is 9.76. The Bertz CT molecular complexity index is 1300. The third kappa shape index (κ3) is 3.20. The van der Waals surface area contributed by atoms with E-state index in [0.29, 0.717) is 5.39 Å². The minimum Gasteiger partial charge on any atom is -0.317 e. The van der Waals surface area contributed by atoms with Crippen LogP contribution in [0.25, 0.3) is 22.3 Å². The highest BCUT2D eigenvalue weighted by atomic mass is 19.3. The molecule has 0 amide bonds. The largest absolute Gasteiger partial charge is 0.317 e. The first kappa shape index (κ1) is 19.9. The van der Waals surface area contributed by atoms with Gasteiger partial charge in [-0.15, -0.1) is 0 Å². The quantitative estimate of drug-likeness (QED) is 0.484. The number of alkyl halides is 2. The van der Waals surface area contributed by atoms with Crippen molar-refractivity contribution in [1.29, 1.82) is 0 Å². The molecule has 0 radical (unpaired) electrons. The van der Waals surface area contributed by atoms with Crippen molar-refractivity contribution in [3.63, 3.8) is 0 Å². The maximum absolute atomic E-state index is 13.5. The summed E-state index contributed by atoms with van der Waals surface area (Å²) in [7, 11) is 0. The highest BCUT2D eigenvalue weighted by Crippen LogP contribution is 2.28. The van der Waals surface area contributed by atoms with E-state index in [1.807, 2.05) is 30.5 Å². The van der Waals surface area contributed by atoms with Crippen molar-refractivity contribution in [3.8, 4) is 11.5 Å². The van der Waals surface area contributed by atoms with Crippen LogP contribution in [0.4, 0.5) is 8.78 Å². The van der Waals surface area contributed by atoms with Gasteiger partial charge in [0.05, 0.1) is 11.6 Å². The number of rotatable bonds is 4. The molecular weight excluding hydrogens is 386 g/mol. The second-order valence-electron chi connectivity index (χ2n) is 7.47. The van der Waals surface area contributed by atoms with Crippen molar-refractivity contribution in [2.24, 2.45) is 0 Å². The number of aromatic nitrogens is 4. The van der Waals surface area contributed by atoms with E-state index >= 15 is 0 Å². The van der Waals surface area contributed by atoms with Crippen LogP contribution in [0.2, 0.25) is 0 Å². The summed E-state index contributed by atoms with van der Waals surface area (Å²) in [5.41, 5.74) is 3.36. The van der Waals surface area contributed by atoms with Crippen molar-refractivity contribution in [2.75, 3.05) is 0 Å². The molecule has 3 aromatic heterocycles. The highest BCUT2D eigenvalue weighted by molar-refractivity contribution is 5.88. The molecule has 0 spiro atoms. The molecule has 0 bridgehead atoms. The van der Waals surface area contributed by atoms with Crippen LogP contribution in [-0.4, -0.2) is 19.3 Å². The Kier molecular flexibility index (Phi) is 4.76. The van der Waals surface area contributed by atoms with Crippen LogP contribution in [0, 0.1) is 13.8 Å². The summed E-state index contributed by atoms with van der Waals surface area (Å²) >= 11 is 0. The Hall–Kier alpha value is -3.35. The molecule has 5 nitrogen and oxygen atoms in total. The molecule has 3 heterocycles. The minimum atomic E-state index is -2.99. The van der Waals surface area contributed by atoms with Gasteiger partial charge in [-0.3, -0.25) is 4.79 Å². The minimum absolute atomic E-state index is 0.202. The van der Waals surface area contributed by atoms with Gasteiger partial charge in [-0.25, -0.2) is 13.8 Å². The smallest absolute Gasteiger partial charge is 0.282 e. The molecule has 0 aliphatic carbocycles. The monoisotopic (exact) mass is 408 g/mol. The molecule has 4 rings (SSSR count). The molecule has 0 atom stereocenters. The standard InChI is InChI=1S/C23H22F2N4O/c1-5-16-7-6-8-18(11-16)28-14(2)19-13-27-29(22(30)21(19)15(28)3)20-10-9-17(12-26-20)23(4,24)25/h6-13H,5H2,1-4H3. The average Bonchev–Trinajstić information content (AvgIpc) is 2.98. The third-order valence-electron chi connectivity index (χ3n) is 5.45. The lowest BCUT2D eigenvalue weighted by Gasteiger charge is -2.11. The summed E-state index contributed by atoms with van der Waals surface area (Å²) in [4.78, 5) is 17.3. The number of aryl methyl sites for hydroxylation is 3. The van der Waals surface area contributed by atoms with Crippen LogP contribution in [-0.2, 0) is 12.3 Å². The normalized spacial score (nSPS) is 11.9. The van der Waals surface area contributed by atoms with E-state index in [0.717, 1.165) is 46.7 Å². The fraction of sp³-hybridized carbons (Fsp3) is 0.261. The average molecular weight is 408 g/mol. The van der Waals surface area contributed by atoms with Crippen molar-refractivity contribution in [2.45, 2.75) is 40.0 Å². The summed E-state index contributed by atoms with van der Waals surface area (Å²) in [6.07, 6.45) is 3.62. The Labute approximate surface area is 172 Å². The van der Waals surface area contributed by atoms with Gasteiger partial charge in [-0.2, -0.15) is 9.78 Å². The van der Waals surface area contributed by atoms with Crippen molar-refractivity contribution < 1.29 is 8.78 Å². The number of fused-ring (bicyclic) bond motifs is 1. The Morgan fingerprint density at radius 1 is 1.07 bits per heavy atom. The molecule has 0 N–H and O–H groups in total.